The number of carbonyl (C=O) groups excluding carboxylic acids is 1. The highest BCUT2D eigenvalue weighted by Crippen LogP contribution is 2.24. The van der Waals surface area contributed by atoms with E-state index in [1.807, 2.05) is 0 Å². The van der Waals surface area contributed by atoms with Gasteiger partial charge in [-0.2, -0.15) is 0 Å². The van der Waals surface area contributed by atoms with Crippen molar-refractivity contribution in [2.75, 3.05) is 20.1 Å². The first kappa shape index (κ1) is 15.4. The molecule has 1 aromatic rings. The molecule has 110 valence electrons. The monoisotopic (exact) mass is 338 g/mol. The molecule has 1 N–H and O–H groups in total. The van der Waals surface area contributed by atoms with Crippen molar-refractivity contribution in [2.24, 2.45) is 0 Å². The number of ether oxygens (including phenoxy) is 1. The quantitative estimate of drug-likeness (QED) is 0.906. The standard InChI is InChI=1S/C11H12Cl2N2O4S/c1-15-6-7(19-11(15)16)5-14-20(17,18)8-2-3-9(12)10(13)4-8/h2-4,7,14H,5-6H2,1H3. The summed E-state index contributed by atoms with van der Waals surface area (Å²) < 4.78 is 31.4. The van der Waals surface area contributed by atoms with Gasteiger partial charge in [-0.1, -0.05) is 23.2 Å². The summed E-state index contributed by atoms with van der Waals surface area (Å²) in [4.78, 5) is 12.5. The maximum atomic E-state index is 12.0. The first-order valence-corrected chi connectivity index (χ1v) is 7.90. The van der Waals surface area contributed by atoms with Gasteiger partial charge in [0.05, 0.1) is 21.5 Å². The molecule has 2 rings (SSSR count). The fourth-order valence-electron chi connectivity index (χ4n) is 1.69. The summed E-state index contributed by atoms with van der Waals surface area (Å²) >= 11 is 11.5. The van der Waals surface area contributed by atoms with E-state index in [-0.39, 0.29) is 21.5 Å². The molecule has 0 aliphatic carbocycles. The van der Waals surface area contributed by atoms with Gasteiger partial charge in [0.2, 0.25) is 10.0 Å². The van der Waals surface area contributed by atoms with Crippen molar-refractivity contribution in [2.45, 2.75) is 11.0 Å². The SMILES string of the molecule is CN1CC(CNS(=O)(=O)c2ccc(Cl)c(Cl)c2)OC1=O. The number of hydrogen-bond donors (Lipinski definition) is 1. The topological polar surface area (TPSA) is 75.7 Å². The highest BCUT2D eigenvalue weighted by molar-refractivity contribution is 7.89. The lowest BCUT2D eigenvalue weighted by atomic mass is 10.4. The highest BCUT2D eigenvalue weighted by atomic mass is 35.5. The van der Waals surface area contributed by atoms with Gasteiger partial charge in [0.25, 0.3) is 0 Å². The predicted octanol–water partition coefficient (Wildman–Crippen LogP) is 1.72. The van der Waals surface area contributed by atoms with E-state index in [2.05, 4.69) is 4.72 Å². The molecule has 9 heteroatoms. The number of halogens is 2. The zero-order chi connectivity index (χ0) is 14.9. The molecule has 0 bridgehead atoms. The van der Waals surface area contributed by atoms with E-state index in [4.69, 9.17) is 27.9 Å². The first-order chi connectivity index (χ1) is 9.29. The van der Waals surface area contributed by atoms with Crippen molar-refractivity contribution in [1.82, 2.24) is 9.62 Å². The number of cyclic esters (lactones) is 1. The van der Waals surface area contributed by atoms with Crippen LogP contribution < -0.4 is 4.72 Å². The first-order valence-electron chi connectivity index (χ1n) is 5.66. The van der Waals surface area contributed by atoms with Gasteiger partial charge in [0, 0.05) is 13.6 Å². The number of rotatable bonds is 4. The largest absolute Gasteiger partial charge is 0.443 e. The van der Waals surface area contributed by atoms with Crippen LogP contribution in [0.1, 0.15) is 0 Å². The number of sulfonamides is 1. The molecule has 1 aliphatic rings. The number of hydrogen-bond acceptors (Lipinski definition) is 4. The number of likely N-dealkylation sites (N-methyl/N-ethyl adjacent to an activating group) is 1. The summed E-state index contributed by atoms with van der Waals surface area (Å²) in [5, 5.41) is 0.429. The molecule has 1 fully saturated rings. The molecule has 1 saturated heterocycles. The Kier molecular flexibility index (Phi) is 4.43. The van der Waals surface area contributed by atoms with E-state index in [9.17, 15) is 13.2 Å². The van der Waals surface area contributed by atoms with E-state index in [1.54, 1.807) is 7.05 Å². The molecule has 1 amide bonds. The molecule has 0 spiro atoms. The summed E-state index contributed by atoms with van der Waals surface area (Å²) in [6, 6.07) is 4.02. The van der Waals surface area contributed by atoms with E-state index in [1.165, 1.54) is 23.1 Å². The molecule has 1 aliphatic heterocycles. The van der Waals surface area contributed by atoms with E-state index in [0.29, 0.717) is 6.54 Å². The summed E-state index contributed by atoms with van der Waals surface area (Å²) in [5.74, 6) is 0. The van der Waals surface area contributed by atoms with Gasteiger partial charge in [-0.05, 0) is 18.2 Å². The van der Waals surface area contributed by atoms with Gasteiger partial charge in [-0.15, -0.1) is 0 Å². The Morgan fingerprint density at radius 2 is 2.10 bits per heavy atom. The number of nitrogens with one attached hydrogen (secondary N) is 1. The van der Waals surface area contributed by atoms with Crippen LogP contribution in [0.25, 0.3) is 0 Å². The maximum Gasteiger partial charge on any atom is 0.410 e. The fraction of sp³-hybridized carbons (Fsp3) is 0.364. The minimum absolute atomic E-state index is 0.00133. The van der Waals surface area contributed by atoms with Crippen LogP contribution >= 0.6 is 23.2 Å². The van der Waals surface area contributed by atoms with Gasteiger partial charge < -0.3 is 9.64 Å². The second-order valence-corrected chi connectivity index (χ2v) is 6.90. The molecule has 1 aromatic carbocycles. The maximum absolute atomic E-state index is 12.0. The van der Waals surface area contributed by atoms with E-state index in [0.717, 1.165) is 0 Å². The molecule has 0 aromatic heterocycles. The van der Waals surface area contributed by atoms with E-state index < -0.39 is 22.2 Å². The lowest BCUT2D eigenvalue weighted by molar-refractivity contribution is 0.135. The van der Waals surface area contributed by atoms with Gasteiger partial charge in [0.1, 0.15) is 6.10 Å². The van der Waals surface area contributed by atoms with Crippen LogP contribution in [0.3, 0.4) is 0 Å². The zero-order valence-electron chi connectivity index (χ0n) is 10.5. The van der Waals surface area contributed by atoms with Gasteiger partial charge in [-0.25, -0.2) is 17.9 Å². The lowest BCUT2D eigenvalue weighted by Crippen LogP contribution is -2.34. The molecule has 20 heavy (non-hydrogen) atoms. The molecule has 6 nitrogen and oxygen atoms in total. The van der Waals surface area contributed by atoms with Crippen molar-refractivity contribution in [3.8, 4) is 0 Å². The summed E-state index contributed by atoms with van der Waals surface area (Å²) in [5.41, 5.74) is 0. The van der Waals surface area contributed by atoms with Crippen LogP contribution in [0, 0.1) is 0 Å². The molecule has 0 saturated carbocycles. The molecular weight excluding hydrogens is 327 g/mol. The molecule has 1 heterocycles. The van der Waals surface area contributed by atoms with E-state index >= 15 is 0 Å². The predicted molar refractivity (Wildman–Crippen MR) is 74.5 cm³/mol. The van der Waals surface area contributed by atoms with Crippen LogP contribution in [0.2, 0.25) is 10.0 Å². The minimum Gasteiger partial charge on any atom is -0.443 e. The Balaban J connectivity index is 2.04. The summed E-state index contributed by atoms with van der Waals surface area (Å²) in [7, 11) is -2.15. The number of benzene rings is 1. The van der Waals surface area contributed by atoms with Gasteiger partial charge in [-0.3, -0.25) is 0 Å². The van der Waals surface area contributed by atoms with Crippen LogP contribution in [0.4, 0.5) is 4.79 Å². The minimum atomic E-state index is -3.72. The normalized spacial score (nSPS) is 19.2. The molecule has 0 radical (unpaired) electrons. The summed E-state index contributed by atoms with van der Waals surface area (Å²) in [6.45, 7) is 0.335. The summed E-state index contributed by atoms with van der Waals surface area (Å²) in [6.07, 6.45) is -0.978. The molecule has 1 atom stereocenters. The number of amides is 1. The van der Waals surface area contributed by atoms with Gasteiger partial charge in [0.15, 0.2) is 0 Å². The fourth-order valence-corrected chi connectivity index (χ4v) is 3.14. The molecular formula is C11H12Cl2N2O4S. The van der Waals surface area contributed by atoms with Gasteiger partial charge >= 0.3 is 6.09 Å². The third-order valence-electron chi connectivity index (χ3n) is 2.76. The Hall–Kier alpha value is -1.02. The Morgan fingerprint density at radius 1 is 1.40 bits per heavy atom. The Bertz CT molecular complexity index is 635. The second kappa shape index (κ2) is 5.77. The Labute approximate surface area is 126 Å². The molecule has 1 unspecified atom stereocenters. The van der Waals surface area contributed by atoms with Crippen molar-refractivity contribution < 1.29 is 17.9 Å². The van der Waals surface area contributed by atoms with Crippen LogP contribution in [0.5, 0.6) is 0 Å². The number of nitrogens with zero attached hydrogens (tertiary/aromatic N) is 1. The van der Waals surface area contributed by atoms with Crippen LogP contribution in [0.15, 0.2) is 23.1 Å². The number of carbonyl (C=O) groups is 1. The van der Waals surface area contributed by atoms with Crippen molar-refractivity contribution in [1.29, 1.82) is 0 Å². The van der Waals surface area contributed by atoms with Crippen molar-refractivity contribution in [3.63, 3.8) is 0 Å². The smallest absolute Gasteiger partial charge is 0.410 e. The zero-order valence-corrected chi connectivity index (χ0v) is 12.8. The van der Waals surface area contributed by atoms with Crippen molar-refractivity contribution >= 4 is 39.3 Å². The highest BCUT2D eigenvalue weighted by Gasteiger charge is 2.29. The van der Waals surface area contributed by atoms with Crippen LogP contribution in [-0.2, 0) is 14.8 Å². The average molecular weight is 339 g/mol. The van der Waals surface area contributed by atoms with Crippen molar-refractivity contribution in [3.05, 3.63) is 28.2 Å². The van der Waals surface area contributed by atoms with Crippen LogP contribution in [-0.4, -0.2) is 45.7 Å². The third kappa shape index (κ3) is 3.35. The third-order valence-corrected chi connectivity index (χ3v) is 4.92. The average Bonchev–Trinajstić information content (AvgIpc) is 2.70. The Morgan fingerprint density at radius 3 is 2.65 bits per heavy atom. The lowest BCUT2D eigenvalue weighted by Gasteiger charge is -2.11. The second-order valence-electron chi connectivity index (χ2n) is 4.31.